The molecule has 1 heterocycles. The minimum Gasteiger partial charge on any atom is -0.327 e. The number of thiophene rings is 1. The van der Waals surface area contributed by atoms with E-state index < -0.39 is 0 Å². The molecule has 0 bridgehead atoms. The third-order valence-electron chi connectivity index (χ3n) is 4.41. The molecule has 0 radical (unpaired) electrons. The summed E-state index contributed by atoms with van der Waals surface area (Å²) >= 11 is 1.86. The summed E-state index contributed by atoms with van der Waals surface area (Å²) in [6, 6.07) is 4.74. The fourth-order valence-corrected chi connectivity index (χ4v) is 4.00. The quantitative estimate of drug-likeness (QED) is 0.851. The van der Waals surface area contributed by atoms with E-state index in [1.807, 2.05) is 11.3 Å². The largest absolute Gasteiger partial charge is 0.327 e. The van der Waals surface area contributed by atoms with Gasteiger partial charge in [0.05, 0.1) is 0 Å². The van der Waals surface area contributed by atoms with Crippen LogP contribution in [-0.4, -0.2) is 6.04 Å². The van der Waals surface area contributed by atoms with Gasteiger partial charge in [0.2, 0.25) is 0 Å². The molecule has 2 unspecified atom stereocenters. The van der Waals surface area contributed by atoms with E-state index in [9.17, 15) is 0 Å². The van der Waals surface area contributed by atoms with Gasteiger partial charge >= 0.3 is 0 Å². The van der Waals surface area contributed by atoms with E-state index in [1.165, 1.54) is 30.6 Å². The molecule has 96 valence electrons. The number of nitrogens with two attached hydrogens (primary N) is 1. The van der Waals surface area contributed by atoms with Crippen LogP contribution >= 0.6 is 11.3 Å². The summed E-state index contributed by atoms with van der Waals surface area (Å²) in [6.45, 7) is 4.81. The third kappa shape index (κ3) is 3.32. The topological polar surface area (TPSA) is 26.0 Å². The van der Waals surface area contributed by atoms with E-state index in [4.69, 9.17) is 5.73 Å². The minimum absolute atomic E-state index is 0.382. The Balaban J connectivity index is 1.88. The van der Waals surface area contributed by atoms with Gasteiger partial charge in [-0.3, -0.25) is 0 Å². The summed E-state index contributed by atoms with van der Waals surface area (Å²) in [6.07, 6.45) is 7.75. The molecule has 0 aromatic carbocycles. The van der Waals surface area contributed by atoms with Gasteiger partial charge in [-0.15, -0.1) is 11.3 Å². The monoisotopic (exact) mass is 251 g/mol. The van der Waals surface area contributed by atoms with E-state index in [0.29, 0.717) is 11.5 Å². The lowest BCUT2D eigenvalue weighted by Crippen LogP contribution is -2.41. The highest BCUT2D eigenvalue weighted by molar-refractivity contribution is 7.09. The van der Waals surface area contributed by atoms with Crippen LogP contribution in [0.5, 0.6) is 0 Å². The van der Waals surface area contributed by atoms with Crippen LogP contribution in [0.3, 0.4) is 0 Å². The maximum Gasteiger partial charge on any atom is 0.00757 e. The van der Waals surface area contributed by atoms with Crippen molar-refractivity contribution < 1.29 is 0 Å². The molecule has 1 aromatic rings. The molecule has 17 heavy (non-hydrogen) atoms. The Bertz CT molecular complexity index is 329. The van der Waals surface area contributed by atoms with Crippen molar-refractivity contribution >= 4 is 11.3 Å². The van der Waals surface area contributed by atoms with Crippen LogP contribution in [0.2, 0.25) is 0 Å². The first-order valence-electron chi connectivity index (χ1n) is 6.87. The first kappa shape index (κ1) is 13.1. The number of hydrogen-bond acceptors (Lipinski definition) is 2. The van der Waals surface area contributed by atoms with Gasteiger partial charge in [0.25, 0.3) is 0 Å². The van der Waals surface area contributed by atoms with Gasteiger partial charge in [-0.05, 0) is 48.5 Å². The molecular formula is C15H25NS. The molecule has 1 nitrogen and oxygen atoms in total. The molecule has 2 heteroatoms. The molecule has 2 N–H and O–H groups in total. The van der Waals surface area contributed by atoms with Crippen LogP contribution in [0.1, 0.15) is 50.8 Å². The molecule has 2 atom stereocenters. The van der Waals surface area contributed by atoms with E-state index in [0.717, 1.165) is 18.8 Å². The molecule has 0 saturated heterocycles. The van der Waals surface area contributed by atoms with E-state index in [1.54, 1.807) is 0 Å². The molecule has 1 saturated carbocycles. The number of rotatable bonds is 4. The van der Waals surface area contributed by atoms with Gasteiger partial charge in [0, 0.05) is 10.9 Å². The third-order valence-corrected chi connectivity index (χ3v) is 5.35. The van der Waals surface area contributed by atoms with Crippen LogP contribution in [0.4, 0.5) is 0 Å². The highest BCUT2D eigenvalue weighted by atomic mass is 32.1. The van der Waals surface area contributed by atoms with Crippen molar-refractivity contribution in [2.24, 2.45) is 17.1 Å². The summed E-state index contributed by atoms with van der Waals surface area (Å²) in [5, 5.41) is 2.16. The lowest BCUT2D eigenvalue weighted by molar-refractivity contribution is 0.109. The van der Waals surface area contributed by atoms with Gasteiger partial charge in [-0.1, -0.05) is 32.8 Å². The zero-order chi connectivity index (χ0) is 12.3. The van der Waals surface area contributed by atoms with E-state index in [2.05, 4.69) is 31.4 Å². The average Bonchev–Trinajstić information content (AvgIpc) is 2.78. The van der Waals surface area contributed by atoms with E-state index >= 15 is 0 Å². The molecule has 1 aliphatic rings. The fourth-order valence-electron chi connectivity index (χ4n) is 3.28. The number of aryl methyl sites for hydroxylation is 1. The Hall–Kier alpha value is -0.340. The first-order chi connectivity index (χ1) is 8.09. The molecule has 0 amide bonds. The van der Waals surface area contributed by atoms with Crippen molar-refractivity contribution in [3.63, 3.8) is 0 Å². The maximum atomic E-state index is 6.45. The summed E-state index contributed by atoms with van der Waals surface area (Å²) < 4.78 is 0. The van der Waals surface area contributed by atoms with Crippen LogP contribution < -0.4 is 5.73 Å². The number of hydrogen-bond donors (Lipinski definition) is 1. The van der Waals surface area contributed by atoms with Gasteiger partial charge < -0.3 is 5.73 Å². The van der Waals surface area contributed by atoms with Gasteiger partial charge in [0.15, 0.2) is 0 Å². The molecule has 2 rings (SSSR count). The van der Waals surface area contributed by atoms with Crippen molar-refractivity contribution in [1.82, 2.24) is 0 Å². The van der Waals surface area contributed by atoms with Crippen molar-refractivity contribution in [1.29, 1.82) is 0 Å². The van der Waals surface area contributed by atoms with Crippen LogP contribution in [0.25, 0.3) is 0 Å². The highest BCUT2D eigenvalue weighted by Crippen LogP contribution is 2.42. The standard InChI is InChI=1S/C15H25NS/c1-15(2)10-4-3-7-13(15)14(16)9-8-12-6-5-11-17-12/h5-6,11,13-14H,3-4,7-10,16H2,1-2H3. The summed E-state index contributed by atoms with van der Waals surface area (Å²) in [4.78, 5) is 1.48. The van der Waals surface area contributed by atoms with Crippen molar-refractivity contribution in [3.8, 4) is 0 Å². The second kappa shape index (κ2) is 5.53. The smallest absolute Gasteiger partial charge is 0.00757 e. The lowest BCUT2D eigenvalue weighted by Gasteiger charge is -2.42. The molecular weight excluding hydrogens is 226 g/mol. The summed E-state index contributed by atoms with van der Waals surface area (Å²) in [5.41, 5.74) is 6.90. The van der Waals surface area contributed by atoms with Crippen LogP contribution in [0.15, 0.2) is 17.5 Å². The van der Waals surface area contributed by atoms with Crippen LogP contribution in [-0.2, 0) is 6.42 Å². The fraction of sp³-hybridized carbons (Fsp3) is 0.733. The second-order valence-corrected chi connectivity index (χ2v) is 7.15. The summed E-state index contributed by atoms with van der Waals surface area (Å²) in [7, 11) is 0. The zero-order valence-electron chi connectivity index (χ0n) is 11.1. The van der Waals surface area contributed by atoms with Gasteiger partial charge in [0.1, 0.15) is 0 Å². The zero-order valence-corrected chi connectivity index (χ0v) is 11.9. The Labute approximate surface area is 109 Å². The first-order valence-corrected chi connectivity index (χ1v) is 7.75. The Morgan fingerprint density at radius 2 is 2.29 bits per heavy atom. The summed E-state index contributed by atoms with van der Waals surface area (Å²) in [5.74, 6) is 0.719. The maximum absolute atomic E-state index is 6.45. The Morgan fingerprint density at radius 1 is 1.47 bits per heavy atom. The lowest BCUT2D eigenvalue weighted by atomic mass is 9.65. The predicted molar refractivity (Wildman–Crippen MR) is 76.4 cm³/mol. The molecule has 0 aliphatic heterocycles. The van der Waals surface area contributed by atoms with E-state index in [-0.39, 0.29) is 0 Å². The SMILES string of the molecule is CC1(C)CCCCC1C(N)CCc1cccs1. The molecule has 1 fully saturated rings. The molecule has 1 aromatic heterocycles. The van der Waals surface area contributed by atoms with Gasteiger partial charge in [-0.25, -0.2) is 0 Å². The normalized spacial score (nSPS) is 25.7. The highest BCUT2D eigenvalue weighted by Gasteiger charge is 2.35. The predicted octanol–water partition coefficient (Wildman–Crippen LogP) is 4.22. The average molecular weight is 251 g/mol. The Kier molecular flexibility index (Phi) is 4.26. The minimum atomic E-state index is 0.382. The molecule has 0 spiro atoms. The van der Waals surface area contributed by atoms with Crippen molar-refractivity contribution in [2.45, 2.75) is 58.4 Å². The van der Waals surface area contributed by atoms with Crippen molar-refractivity contribution in [2.75, 3.05) is 0 Å². The second-order valence-electron chi connectivity index (χ2n) is 6.12. The van der Waals surface area contributed by atoms with Crippen LogP contribution in [0, 0.1) is 11.3 Å². The Morgan fingerprint density at radius 3 is 2.94 bits per heavy atom. The van der Waals surface area contributed by atoms with Gasteiger partial charge in [-0.2, -0.15) is 0 Å². The van der Waals surface area contributed by atoms with Crippen molar-refractivity contribution in [3.05, 3.63) is 22.4 Å². The molecule has 1 aliphatic carbocycles.